The predicted molar refractivity (Wildman–Crippen MR) is 69.0 cm³/mol. The van der Waals surface area contributed by atoms with Gasteiger partial charge in [0.25, 0.3) is 0 Å². The van der Waals surface area contributed by atoms with E-state index < -0.39 is 11.5 Å². The van der Waals surface area contributed by atoms with Crippen LogP contribution in [0.1, 0.15) is 53.4 Å². The van der Waals surface area contributed by atoms with E-state index in [0.717, 1.165) is 25.7 Å². The van der Waals surface area contributed by atoms with Gasteiger partial charge in [0.15, 0.2) is 0 Å². The monoisotopic (exact) mass is 253 g/mol. The summed E-state index contributed by atoms with van der Waals surface area (Å²) < 4.78 is 0. The minimum absolute atomic E-state index is 0.0231. The number of ketones is 2. The van der Waals surface area contributed by atoms with E-state index in [1.54, 1.807) is 13.8 Å². The number of hydrogen-bond donors (Lipinski definition) is 1. The number of carbonyl (C=O) groups is 3. The van der Waals surface area contributed by atoms with Crippen LogP contribution in [0.25, 0.3) is 0 Å². The van der Waals surface area contributed by atoms with Gasteiger partial charge in [-0.15, -0.1) is 0 Å². The topological polar surface area (TPSA) is 63.2 Å². The van der Waals surface area contributed by atoms with Gasteiger partial charge < -0.3 is 5.32 Å². The first-order chi connectivity index (χ1) is 8.25. The Labute approximate surface area is 109 Å². The Morgan fingerprint density at radius 1 is 1.06 bits per heavy atom. The number of hydrogen-bond acceptors (Lipinski definition) is 3. The molecule has 1 amide bonds. The van der Waals surface area contributed by atoms with Crippen molar-refractivity contribution in [2.75, 3.05) is 0 Å². The first-order valence-corrected chi connectivity index (χ1v) is 6.58. The lowest BCUT2D eigenvalue weighted by molar-refractivity contribution is -0.135. The highest BCUT2D eigenvalue weighted by atomic mass is 16.2. The third-order valence-corrected chi connectivity index (χ3v) is 3.71. The van der Waals surface area contributed by atoms with Gasteiger partial charge in [0, 0.05) is 5.92 Å². The van der Waals surface area contributed by atoms with Crippen molar-refractivity contribution in [1.29, 1.82) is 0 Å². The van der Waals surface area contributed by atoms with Crippen molar-refractivity contribution in [2.24, 2.45) is 11.8 Å². The molecule has 102 valence electrons. The average Bonchev–Trinajstić information content (AvgIpc) is 2.66. The Hall–Kier alpha value is -1.19. The molecule has 1 saturated carbocycles. The SMILES string of the molecule is CC(=O)C(C(C)=O)C(C)(C)NC(=O)C1CCCC1. The van der Waals surface area contributed by atoms with Gasteiger partial charge in [-0.2, -0.15) is 0 Å². The molecule has 0 atom stereocenters. The molecule has 1 aliphatic carbocycles. The maximum absolute atomic E-state index is 12.1. The molecule has 1 rings (SSSR count). The predicted octanol–water partition coefficient (Wildman–Crippen LogP) is 1.87. The van der Waals surface area contributed by atoms with Crippen LogP contribution in [0, 0.1) is 11.8 Å². The highest BCUT2D eigenvalue weighted by Crippen LogP contribution is 2.27. The van der Waals surface area contributed by atoms with Crippen LogP contribution in [-0.4, -0.2) is 23.0 Å². The van der Waals surface area contributed by atoms with Crippen molar-refractivity contribution in [1.82, 2.24) is 5.32 Å². The van der Waals surface area contributed by atoms with E-state index in [0.29, 0.717) is 0 Å². The van der Waals surface area contributed by atoms with Gasteiger partial charge in [0.05, 0.1) is 11.5 Å². The van der Waals surface area contributed by atoms with Gasteiger partial charge >= 0.3 is 0 Å². The van der Waals surface area contributed by atoms with E-state index in [4.69, 9.17) is 0 Å². The molecule has 18 heavy (non-hydrogen) atoms. The van der Waals surface area contributed by atoms with Crippen molar-refractivity contribution in [3.8, 4) is 0 Å². The molecule has 0 aliphatic heterocycles. The number of amides is 1. The summed E-state index contributed by atoms with van der Waals surface area (Å²) in [6.07, 6.45) is 3.99. The van der Waals surface area contributed by atoms with Crippen LogP contribution in [0.3, 0.4) is 0 Å². The lowest BCUT2D eigenvalue weighted by Crippen LogP contribution is -2.54. The van der Waals surface area contributed by atoms with E-state index in [1.165, 1.54) is 13.8 Å². The van der Waals surface area contributed by atoms with Crippen LogP contribution in [-0.2, 0) is 14.4 Å². The molecule has 0 bridgehead atoms. The van der Waals surface area contributed by atoms with E-state index in [9.17, 15) is 14.4 Å². The van der Waals surface area contributed by atoms with Crippen LogP contribution in [0.4, 0.5) is 0 Å². The summed E-state index contributed by atoms with van der Waals surface area (Å²) in [6, 6.07) is 0. The zero-order valence-electron chi connectivity index (χ0n) is 11.7. The van der Waals surface area contributed by atoms with E-state index >= 15 is 0 Å². The summed E-state index contributed by atoms with van der Waals surface area (Å²) in [4.78, 5) is 35.2. The smallest absolute Gasteiger partial charge is 0.223 e. The standard InChI is InChI=1S/C14H23NO3/c1-9(16)12(10(2)17)14(3,4)15-13(18)11-7-5-6-8-11/h11-12H,5-8H2,1-4H3,(H,15,18). The summed E-state index contributed by atoms with van der Waals surface area (Å²) in [5, 5.41) is 2.88. The molecular weight excluding hydrogens is 230 g/mol. The molecule has 4 heteroatoms. The van der Waals surface area contributed by atoms with E-state index in [1.807, 2.05) is 0 Å². The molecule has 0 radical (unpaired) electrons. The van der Waals surface area contributed by atoms with Gasteiger partial charge in [-0.05, 0) is 40.5 Å². The van der Waals surface area contributed by atoms with Gasteiger partial charge in [-0.1, -0.05) is 12.8 Å². The summed E-state index contributed by atoms with van der Waals surface area (Å²) >= 11 is 0. The molecular formula is C14H23NO3. The third-order valence-electron chi connectivity index (χ3n) is 3.71. The number of nitrogens with one attached hydrogen (secondary N) is 1. The highest BCUT2D eigenvalue weighted by molar-refractivity contribution is 6.02. The summed E-state index contributed by atoms with van der Waals surface area (Å²) in [7, 11) is 0. The molecule has 0 heterocycles. The molecule has 4 nitrogen and oxygen atoms in total. The number of carbonyl (C=O) groups excluding carboxylic acids is 3. The van der Waals surface area contributed by atoms with Gasteiger partial charge in [-0.3, -0.25) is 14.4 Å². The maximum Gasteiger partial charge on any atom is 0.223 e. The second-order valence-electron chi connectivity index (χ2n) is 5.85. The van der Waals surface area contributed by atoms with Crippen LogP contribution in [0.2, 0.25) is 0 Å². The second-order valence-corrected chi connectivity index (χ2v) is 5.85. The first-order valence-electron chi connectivity index (χ1n) is 6.58. The van der Waals surface area contributed by atoms with Crippen LogP contribution in [0.15, 0.2) is 0 Å². The largest absolute Gasteiger partial charge is 0.350 e. The minimum Gasteiger partial charge on any atom is -0.350 e. The van der Waals surface area contributed by atoms with Crippen molar-refractivity contribution in [3.05, 3.63) is 0 Å². The van der Waals surface area contributed by atoms with Crippen LogP contribution >= 0.6 is 0 Å². The van der Waals surface area contributed by atoms with Gasteiger partial charge in [0.2, 0.25) is 5.91 Å². The molecule has 0 spiro atoms. The lowest BCUT2D eigenvalue weighted by atomic mass is 9.81. The van der Waals surface area contributed by atoms with E-state index in [2.05, 4.69) is 5.32 Å². The summed E-state index contributed by atoms with van der Waals surface area (Å²) in [5.74, 6) is -1.13. The molecule has 1 aliphatic rings. The van der Waals surface area contributed by atoms with Crippen LogP contribution in [0.5, 0.6) is 0 Å². The summed E-state index contributed by atoms with van der Waals surface area (Å²) in [6.45, 7) is 6.28. The quantitative estimate of drug-likeness (QED) is 0.761. The Morgan fingerprint density at radius 3 is 1.89 bits per heavy atom. The fourth-order valence-corrected chi connectivity index (χ4v) is 2.98. The fourth-order valence-electron chi connectivity index (χ4n) is 2.98. The van der Waals surface area contributed by atoms with Gasteiger partial charge in [-0.25, -0.2) is 0 Å². The van der Waals surface area contributed by atoms with Gasteiger partial charge in [0.1, 0.15) is 11.6 Å². The Kier molecular flexibility index (Phi) is 4.65. The molecule has 0 saturated heterocycles. The molecule has 1 fully saturated rings. The molecule has 0 aromatic heterocycles. The zero-order chi connectivity index (χ0) is 13.9. The fraction of sp³-hybridized carbons (Fsp3) is 0.786. The molecule has 1 N–H and O–H groups in total. The lowest BCUT2D eigenvalue weighted by Gasteiger charge is -2.33. The Balaban J connectivity index is 2.75. The Bertz CT molecular complexity index is 340. The molecule has 0 unspecified atom stereocenters. The van der Waals surface area contributed by atoms with Crippen molar-refractivity contribution in [2.45, 2.75) is 58.9 Å². The molecule has 0 aromatic carbocycles. The highest BCUT2D eigenvalue weighted by Gasteiger charge is 2.39. The van der Waals surface area contributed by atoms with Crippen LogP contribution < -0.4 is 5.32 Å². The normalized spacial score (nSPS) is 16.9. The first kappa shape index (κ1) is 14.9. The number of rotatable bonds is 5. The Morgan fingerprint density at radius 2 is 1.50 bits per heavy atom. The molecule has 0 aromatic rings. The third kappa shape index (κ3) is 3.40. The van der Waals surface area contributed by atoms with E-state index in [-0.39, 0.29) is 23.4 Å². The second kappa shape index (κ2) is 5.63. The minimum atomic E-state index is -0.808. The van der Waals surface area contributed by atoms with Crippen molar-refractivity contribution >= 4 is 17.5 Å². The number of Topliss-reactive ketones (excluding diaryl/α,β-unsaturated/α-hetero) is 2. The summed E-state index contributed by atoms with van der Waals surface area (Å²) in [5.41, 5.74) is -0.808. The maximum atomic E-state index is 12.1. The average molecular weight is 253 g/mol. The zero-order valence-corrected chi connectivity index (χ0v) is 11.7. The van der Waals surface area contributed by atoms with Crippen molar-refractivity contribution < 1.29 is 14.4 Å². The van der Waals surface area contributed by atoms with Crippen molar-refractivity contribution in [3.63, 3.8) is 0 Å².